The topological polar surface area (TPSA) is 101 Å². The maximum atomic E-state index is 14.2. The predicted octanol–water partition coefficient (Wildman–Crippen LogP) is 3.88. The summed E-state index contributed by atoms with van der Waals surface area (Å²) in [6, 6.07) is 15.9. The van der Waals surface area contributed by atoms with E-state index in [1.807, 2.05) is 13.8 Å². The minimum Gasteiger partial charge on any atom is -0.508 e. The zero-order valence-corrected chi connectivity index (χ0v) is 18.0. The van der Waals surface area contributed by atoms with Crippen LogP contribution in [0.5, 0.6) is 11.5 Å². The molecule has 2 aliphatic carbocycles. The summed E-state index contributed by atoms with van der Waals surface area (Å²) >= 11 is 0. The Bertz CT molecular complexity index is 1380. The molecule has 2 N–H and O–H groups in total. The van der Waals surface area contributed by atoms with Gasteiger partial charge in [0.15, 0.2) is 17.3 Å². The number of carbonyl (C=O) groups excluding carboxylic acids is 3. The summed E-state index contributed by atoms with van der Waals surface area (Å²) in [6.07, 6.45) is 0. The number of benzene rings is 3. The summed E-state index contributed by atoms with van der Waals surface area (Å²) in [5, 5.41) is 22.7. The second-order valence-electron chi connectivity index (χ2n) is 9.20. The number of fused-ring (bicyclic) bond motifs is 6. The van der Waals surface area contributed by atoms with Crippen molar-refractivity contribution >= 4 is 17.3 Å². The van der Waals surface area contributed by atoms with Gasteiger partial charge in [0.25, 0.3) is 5.79 Å². The molecule has 0 aromatic heterocycles. The molecule has 0 saturated heterocycles. The quantitative estimate of drug-likeness (QED) is 0.587. The molecule has 0 unspecified atom stereocenters. The summed E-state index contributed by atoms with van der Waals surface area (Å²) in [4.78, 5) is 41.5. The first-order valence-electron chi connectivity index (χ1n) is 10.8. The Morgan fingerprint density at radius 3 is 2.03 bits per heavy atom. The van der Waals surface area contributed by atoms with Gasteiger partial charge < -0.3 is 14.9 Å². The van der Waals surface area contributed by atoms with Gasteiger partial charge in [-0.15, -0.1) is 0 Å². The van der Waals surface area contributed by atoms with Crippen molar-refractivity contribution in [3.8, 4) is 11.5 Å². The van der Waals surface area contributed by atoms with Crippen LogP contribution in [0.4, 0.5) is 0 Å². The Hall–Kier alpha value is -3.77. The van der Waals surface area contributed by atoms with Crippen molar-refractivity contribution in [1.29, 1.82) is 0 Å². The van der Waals surface area contributed by atoms with Crippen molar-refractivity contribution in [3.63, 3.8) is 0 Å². The lowest BCUT2D eigenvalue weighted by Gasteiger charge is -2.37. The van der Waals surface area contributed by atoms with Crippen molar-refractivity contribution in [2.45, 2.75) is 31.0 Å². The third-order valence-electron chi connectivity index (χ3n) is 7.28. The monoisotopic (exact) mass is 440 g/mol. The smallest absolute Gasteiger partial charge is 0.254 e. The number of rotatable bonds is 2. The van der Waals surface area contributed by atoms with Crippen molar-refractivity contribution in [1.82, 2.24) is 0 Å². The summed E-state index contributed by atoms with van der Waals surface area (Å²) < 4.78 is 6.01. The molecule has 33 heavy (non-hydrogen) atoms. The number of aromatic hydroxyl groups is 1. The number of Topliss-reactive ketones (excluding diaryl/α,β-unsaturated/α-hetero) is 3. The Kier molecular flexibility index (Phi) is 3.72. The highest BCUT2D eigenvalue weighted by Crippen LogP contribution is 2.65. The molecule has 2 atom stereocenters. The number of ether oxygens (including phenoxy) is 1. The molecule has 164 valence electrons. The van der Waals surface area contributed by atoms with E-state index < -0.39 is 34.5 Å². The van der Waals surface area contributed by atoms with Gasteiger partial charge in [-0.2, -0.15) is 0 Å². The predicted molar refractivity (Wildman–Crippen MR) is 118 cm³/mol. The molecule has 0 amide bonds. The first-order valence-corrected chi connectivity index (χ1v) is 10.8. The maximum Gasteiger partial charge on any atom is 0.254 e. The second-order valence-corrected chi connectivity index (χ2v) is 9.20. The average molecular weight is 440 g/mol. The highest BCUT2D eigenvalue weighted by Gasteiger charge is 2.77. The number of ketones is 3. The standard InChI is InChI=1S/C27H20O6/c1-13(2)17-11-19-21(12-20(17)28)33-27(32)18-10-6-5-9-16(18)25(31)26(19,27)22-23(29)14-7-3-4-8-15(14)24(22)30/h3-13,22,28,32H,1-2H3/t26-,27-/m1/s1. The van der Waals surface area contributed by atoms with Crippen LogP contribution in [-0.4, -0.2) is 27.6 Å². The van der Waals surface area contributed by atoms with Gasteiger partial charge in [-0.25, -0.2) is 0 Å². The van der Waals surface area contributed by atoms with Crippen molar-refractivity contribution in [2.75, 3.05) is 0 Å². The van der Waals surface area contributed by atoms with E-state index in [1.165, 1.54) is 6.07 Å². The second kappa shape index (κ2) is 6.17. The average Bonchev–Trinajstić information content (AvgIpc) is 3.27. The molecule has 0 saturated carbocycles. The fourth-order valence-corrected chi connectivity index (χ4v) is 5.81. The highest BCUT2D eigenvalue weighted by molar-refractivity contribution is 6.31. The summed E-state index contributed by atoms with van der Waals surface area (Å²) in [5.74, 6) is -5.44. The number of phenols is 1. The van der Waals surface area contributed by atoms with Gasteiger partial charge in [0.1, 0.15) is 22.8 Å². The molecule has 3 aliphatic rings. The zero-order valence-electron chi connectivity index (χ0n) is 18.0. The lowest BCUT2D eigenvalue weighted by atomic mass is 9.63. The summed E-state index contributed by atoms with van der Waals surface area (Å²) in [5.41, 5.74) is -0.369. The number of phenolic OH excluding ortho intramolecular Hbond substituents is 1. The van der Waals surface area contributed by atoms with E-state index in [2.05, 4.69) is 0 Å². The molecule has 3 aromatic carbocycles. The van der Waals surface area contributed by atoms with Crippen LogP contribution in [-0.2, 0) is 11.2 Å². The number of carbonyl (C=O) groups is 3. The molecule has 3 aromatic rings. The minimum atomic E-state index is -2.27. The molecule has 0 spiro atoms. The zero-order chi connectivity index (χ0) is 23.3. The maximum absolute atomic E-state index is 14.2. The molecule has 0 radical (unpaired) electrons. The minimum absolute atomic E-state index is 0.0458. The van der Waals surface area contributed by atoms with Gasteiger partial charge in [0.2, 0.25) is 0 Å². The van der Waals surface area contributed by atoms with Gasteiger partial charge in [0.05, 0.1) is 0 Å². The van der Waals surface area contributed by atoms with Crippen LogP contribution in [0.2, 0.25) is 0 Å². The molecule has 1 heterocycles. The fraction of sp³-hybridized carbons (Fsp3) is 0.222. The van der Waals surface area contributed by atoms with E-state index in [1.54, 1.807) is 54.6 Å². The Labute approximate surface area is 189 Å². The van der Waals surface area contributed by atoms with Gasteiger partial charge in [-0.1, -0.05) is 62.4 Å². The highest BCUT2D eigenvalue weighted by atomic mass is 16.6. The van der Waals surface area contributed by atoms with Crippen LogP contribution < -0.4 is 4.74 Å². The molecule has 0 fully saturated rings. The van der Waals surface area contributed by atoms with Gasteiger partial charge in [0, 0.05) is 33.9 Å². The van der Waals surface area contributed by atoms with Crippen LogP contribution in [0.3, 0.4) is 0 Å². The van der Waals surface area contributed by atoms with E-state index in [0.29, 0.717) is 5.56 Å². The Balaban J connectivity index is 1.72. The lowest BCUT2D eigenvalue weighted by molar-refractivity contribution is -0.169. The Morgan fingerprint density at radius 2 is 1.42 bits per heavy atom. The van der Waals surface area contributed by atoms with Crippen molar-refractivity contribution in [2.24, 2.45) is 5.92 Å². The molecular weight excluding hydrogens is 420 g/mol. The first-order chi connectivity index (χ1) is 15.7. The molecule has 1 aliphatic heterocycles. The third kappa shape index (κ3) is 2.10. The molecule has 6 nitrogen and oxygen atoms in total. The molecule has 6 rings (SSSR count). The normalized spacial score (nSPS) is 25.2. The van der Waals surface area contributed by atoms with Crippen LogP contribution in [0.25, 0.3) is 0 Å². The van der Waals surface area contributed by atoms with Crippen molar-refractivity contribution < 1.29 is 29.3 Å². The largest absolute Gasteiger partial charge is 0.508 e. The first kappa shape index (κ1) is 19.9. The number of hydrogen-bond acceptors (Lipinski definition) is 6. The SMILES string of the molecule is CC(C)c1cc2c(cc1O)O[C@]1(O)c3ccccc3C(=O)[C@]21C1C(=O)c2ccccc2C1=O. The van der Waals surface area contributed by atoms with Gasteiger partial charge in [-0.3, -0.25) is 14.4 Å². The van der Waals surface area contributed by atoms with Gasteiger partial charge in [-0.05, 0) is 17.5 Å². The van der Waals surface area contributed by atoms with Crippen LogP contribution in [0.15, 0.2) is 60.7 Å². The molecule has 6 heteroatoms. The number of aliphatic hydroxyl groups is 1. The third-order valence-corrected chi connectivity index (χ3v) is 7.28. The molecule has 0 bridgehead atoms. The Morgan fingerprint density at radius 1 is 0.848 bits per heavy atom. The van der Waals surface area contributed by atoms with E-state index in [0.717, 1.165) is 0 Å². The summed E-state index contributed by atoms with van der Waals surface area (Å²) in [6.45, 7) is 3.76. The van der Waals surface area contributed by atoms with E-state index in [-0.39, 0.29) is 45.2 Å². The number of hydrogen-bond donors (Lipinski definition) is 2. The summed E-state index contributed by atoms with van der Waals surface area (Å²) in [7, 11) is 0. The van der Waals surface area contributed by atoms with Crippen LogP contribution in [0, 0.1) is 5.92 Å². The van der Waals surface area contributed by atoms with Crippen LogP contribution >= 0.6 is 0 Å². The van der Waals surface area contributed by atoms with Crippen LogP contribution in [0.1, 0.15) is 67.5 Å². The van der Waals surface area contributed by atoms with Gasteiger partial charge >= 0.3 is 0 Å². The van der Waals surface area contributed by atoms with Crippen molar-refractivity contribution in [3.05, 3.63) is 94.0 Å². The molecular formula is C27H20O6. The fourth-order valence-electron chi connectivity index (χ4n) is 5.81. The van der Waals surface area contributed by atoms with E-state index in [9.17, 15) is 24.6 Å². The lowest BCUT2D eigenvalue weighted by Crippen LogP contribution is -2.56. The van der Waals surface area contributed by atoms with E-state index >= 15 is 0 Å². The van der Waals surface area contributed by atoms with E-state index in [4.69, 9.17) is 4.74 Å².